The lowest BCUT2D eigenvalue weighted by Crippen LogP contribution is -2.48. The van der Waals surface area contributed by atoms with Gasteiger partial charge < -0.3 is 4.90 Å². The van der Waals surface area contributed by atoms with Crippen molar-refractivity contribution in [3.63, 3.8) is 0 Å². The van der Waals surface area contributed by atoms with Crippen LogP contribution in [0.3, 0.4) is 0 Å². The first-order valence-corrected chi connectivity index (χ1v) is 10.4. The van der Waals surface area contributed by atoms with Crippen LogP contribution >= 0.6 is 0 Å². The predicted octanol–water partition coefficient (Wildman–Crippen LogP) is 2.86. The number of carbonyl (C=O) groups excluding carboxylic acids is 1. The van der Waals surface area contributed by atoms with E-state index >= 15 is 0 Å². The molecule has 1 amide bonds. The molecule has 1 unspecified atom stereocenters. The second-order valence-electron chi connectivity index (χ2n) is 6.68. The van der Waals surface area contributed by atoms with Gasteiger partial charge in [-0.05, 0) is 62.8 Å². The van der Waals surface area contributed by atoms with E-state index in [1.807, 2.05) is 30.9 Å². The smallest absolute Gasteiger partial charge is 0.243 e. The van der Waals surface area contributed by atoms with Crippen LogP contribution in [-0.2, 0) is 14.8 Å². The first kappa shape index (κ1) is 18.8. The Morgan fingerprint density at radius 3 is 2.54 bits per heavy atom. The van der Waals surface area contributed by atoms with Crippen molar-refractivity contribution in [3.05, 3.63) is 29.3 Å². The van der Waals surface area contributed by atoms with Crippen molar-refractivity contribution in [2.75, 3.05) is 23.7 Å². The molecule has 1 fully saturated rings. The molecule has 1 aromatic rings. The van der Waals surface area contributed by atoms with E-state index in [9.17, 15) is 13.2 Å². The molecule has 0 aliphatic carbocycles. The molecule has 1 aromatic carbocycles. The number of amides is 1. The third-order valence-corrected chi connectivity index (χ3v) is 6.02. The number of rotatable bonds is 5. The van der Waals surface area contributed by atoms with E-state index in [0.717, 1.165) is 49.6 Å². The Morgan fingerprint density at radius 2 is 1.96 bits per heavy atom. The summed E-state index contributed by atoms with van der Waals surface area (Å²) in [5.74, 6) is -0.106. The van der Waals surface area contributed by atoms with Gasteiger partial charge in [0, 0.05) is 12.6 Å². The largest absolute Gasteiger partial charge is 0.338 e. The minimum Gasteiger partial charge on any atom is -0.338 e. The normalized spacial score (nSPS) is 18.5. The molecule has 0 radical (unpaired) electrons. The van der Waals surface area contributed by atoms with Crippen molar-refractivity contribution >= 4 is 21.6 Å². The molecule has 1 saturated heterocycles. The number of likely N-dealkylation sites (tertiary alicyclic amines) is 1. The number of carbonyl (C=O) groups is 1. The van der Waals surface area contributed by atoms with E-state index in [1.165, 1.54) is 4.31 Å². The fraction of sp³-hybridized carbons (Fsp3) is 0.611. The first-order valence-electron chi connectivity index (χ1n) is 8.58. The summed E-state index contributed by atoms with van der Waals surface area (Å²) in [6.45, 7) is 6.60. The zero-order valence-corrected chi connectivity index (χ0v) is 15.9. The highest BCUT2D eigenvalue weighted by molar-refractivity contribution is 7.92. The van der Waals surface area contributed by atoms with Gasteiger partial charge >= 0.3 is 0 Å². The van der Waals surface area contributed by atoms with Crippen molar-refractivity contribution in [2.45, 2.75) is 52.5 Å². The molecule has 1 aliphatic rings. The monoisotopic (exact) mass is 352 g/mol. The van der Waals surface area contributed by atoms with Crippen molar-refractivity contribution < 1.29 is 13.2 Å². The number of anilines is 1. The summed E-state index contributed by atoms with van der Waals surface area (Å²) in [6.07, 6.45) is 5.20. The van der Waals surface area contributed by atoms with E-state index in [-0.39, 0.29) is 18.5 Å². The van der Waals surface area contributed by atoms with Gasteiger partial charge in [-0.3, -0.25) is 9.10 Å². The van der Waals surface area contributed by atoms with Crippen LogP contribution in [0.2, 0.25) is 0 Å². The standard InChI is InChI=1S/C18H28N2O3S/c1-5-16-8-6-7-11-19(16)18(21)13-20(24(4,22)23)17-10-9-14(2)15(3)12-17/h9-10,12,16H,5-8,11,13H2,1-4H3. The van der Waals surface area contributed by atoms with Crippen LogP contribution in [0.15, 0.2) is 18.2 Å². The maximum atomic E-state index is 12.8. The first-order chi connectivity index (χ1) is 11.2. The number of aryl methyl sites for hydroxylation is 2. The van der Waals surface area contributed by atoms with Gasteiger partial charge in [0.15, 0.2) is 0 Å². The Balaban J connectivity index is 2.26. The van der Waals surface area contributed by atoms with E-state index in [2.05, 4.69) is 6.92 Å². The molecule has 0 spiro atoms. The molecule has 0 aromatic heterocycles. The molecular weight excluding hydrogens is 324 g/mol. The van der Waals surface area contributed by atoms with Crippen molar-refractivity contribution in [3.8, 4) is 0 Å². The van der Waals surface area contributed by atoms with Gasteiger partial charge in [0.05, 0.1) is 11.9 Å². The average Bonchev–Trinajstić information content (AvgIpc) is 2.54. The molecule has 5 nitrogen and oxygen atoms in total. The van der Waals surface area contributed by atoms with Gasteiger partial charge in [-0.2, -0.15) is 0 Å². The Kier molecular flexibility index (Phi) is 5.91. The third kappa shape index (κ3) is 4.29. The molecule has 134 valence electrons. The summed E-state index contributed by atoms with van der Waals surface area (Å²) in [6, 6.07) is 5.72. The van der Waals surface area contributed by atoms with Crippen LogP contribution in [0.4, 0.5) is 5.69 Å². The Morgan fingerprint density at radius 1 is 1.25 bits per heavy atom. The molecule has 1 heterocycles. The predicted molar refractivity (Wildman–Crippen MR) is 97.7 cm³/mol. The Hall–Kier alpha value is -1.56. The van der Waals surface area contributed by atoms with Crippen LogP contribution in [0.5, 0.6) is 0 Å². The minimum absolute atomic E-state index is 0.106. The van der Waals surface area contributed by atoms with Crippen LogP contribution in [0, 0.1) is 13.8 Å². The zero-order valence-electron chi connectivity index (χ0n) is 15.1. The van der Waals surface area contributed by atoms with Gasteiger partial charge in [-0.1, -0.05) is 13.0 Å². The Bertz CT molecular complexity index is 700. The second kappa shape index (κ2) is 7.55. The molecule has 24 heavy (non-hydrogen) atoms. The summed E-state index contributed by atoms with van der Waals surface area (Å²) in [4.78, 5) is 14.6. The fourth-order valence-corrected chi connectivity index (χ4v) is 4.09. The van der Waals surface area contributed by atoms with Gasteiger partial charge in [0.2, 0.25) is 15.9 Å². The summed E-state index contributed by atoms with van der Waals surface area (Å²) < 4.78 is 25.7. The number of hydrogen-bond donors (Lipinski definition) is 0. The maximum Gasteiger partial charge on any atom is 0.243 e. The van der Waals surface area contributed by atoms with Gasteiger partial charge in [0.1, 0.15) is 6.54 Å². The lowest BCUT2D eigenvalue weighted by molar-refractivity contribution is -0.133. The molecule has 6 heteroatoms. The molecule has 2 rings (SSSR count). The average molecular weight is 353 g/mol. The van der Waals surface area contributed by atoms with E-state index in [0.29, 0.717) is 5.69 Å². The number of hydrogen-bond acceptors (Lipinski definition) is 3. The van der Waals surface area contributed by atoms with Crippen molar-refractivity contribution in [1.29, 1.82) is 0 Å². The van der Waals surface area contributed by atoms with Crippen molar-refractivity contribution in [2.24, 2.45) is 0 Å². The van der Waals surface area contributed by atoms with Crippen LogP contribution in [-0.4, -0.2) is 44.6 Å². The number of nitrogens with zero attached hydrogens (tertiary/aromatic N) is 2. The summed E-state index contributed by atoms with van der Waals surface area (Å²) in [7, 11) is -3.52. The summed E-state index contributed by atoms with van der Waals surface area (Å²) >= 11 is 0. The van der Waals surface area contributed by atoms with Crippen molar-refractivity contribution in [1.82, 2.24) is 4.90 Å². The highest BCUT2D eigenvalue weighted by Gasteiger charge is 2.29. The van der Waals surface area contributed by atoms with E-state index in [1.54, 1.807) is 6.07 Å². The topological polar surface area (TPSA) is 57.7 Å². The van der Waals surface area contributed by atoms with E-state index < -0.39 is 10.0 Å². The van der Waals surface area contributed by atoms with Gasteiger partial charge in [0.25, 0.3) is 0 Å². The quantitative estimate of drug-likeness (QED) is 0.819. The highest BCUT2D eigenvalue weighted by atomic mass is 32.2. The van der Waals surface area contributed by atoms with Gasteiger partial charge in [-0.15, -0.1) is 0 Å². The third-order valence-electron chi connectivity index (χ3n) is 4.88. The molecule has 1 atom stereocenters. The zero-order chi connectivity index (χ0) is 17.9. The number of sulfonamides is 1. The molecular formula is C18H28N2O3S. The lowest BCUT2D eigenvalue weighted by atomic mass is 10.00. The summed E-state index contributed by atoms with van der Waals surface area (Å²) in [5, 5.41) is 0. The highest BCUT2D eigenvalue weighted by Crippen LogP contribution is 2.24. The SMILES string of the molecule is CCC1CCCCN1C(=O)CN(c1ccc(C)c(C)c1)S(C)(=O)=O. The maximum absolute atomic E-state index is 12.8. The van der Waals surface area contributed by atoms with Gasteiger partial charge in [-0.25, -0.2) is 8.42 Å². The van der Waals surface area contributed by atoms with E-state index in [4.69, 9.17) is 0 Å². The number of piperidine rings is 1. The minimum atomic E-state index is -3.52. The molecule has 0 N–H and O–H groups in total. The number of benzene rings is 1. The Labute approximate surface area is 145 Å². The molecule has 0 saturated carbocycles. The lowest BCUT2D eigenvalue weighted by Gasteiger charge is -2.36. The van der Waals surface area contributed by atoms with Crippen LogP contribution < -0.4 is 4.31 Å². The van der Waals surface area contributed by atoms with Crippen LogP contribution in [0.1, 0.15) is 43.7 Å². The fourth-order valence-electron chi connectivity index (χ4n) is 3.25. The molecule has 0 bridgehead atoms. The summed E-state index contributed by atoms with van der Waals surface area (Å²) in [5.41, 5.74) is 2.66. The van der Waals surface area contributed by atoms with Crippen LogP contribution in [0.25, 0.3) is 0 Å². The second-order valence-corrected chi connectivity index (χ2v) is 8.59. The molecule has 1 aliphatic heterocycles.